The summed E-state index contributed by atoms with van der Waals surface area (Å²) in [6.45, 7) is 0. The minimum Gasteiger partial charge on any atom is -0.355 e. The summed E-state index contributed by atoms with van der Waals surface area (Å²) in [4.78, 5) is 14.5. The zero-order valence-electron chi connectivity index (χ0n) is 20.8. The SMILES string of the molecule is Brc1ccc(-c2cc3[nH]c2C=c2[nH]c(c4c2ccc2ccccc24)=Cc2ccc([nH]2)C=c2ccc([nH]2)=C3)cc1. The molecule has 5 heterocycles. The highest BCUT2D eigenvalue weighted by molar-refractivity contribution is 9.10. The third-order valence-electron chi connectivity index (χ3n) is 7.45. The van der Waals surface area contributed by atoms with Crippen molar-refractivity contribution in [3.8, 4) is 11.1 Å². The van der Waals surface area contributed by atoms with Gasteiger partial charge in [0.05, 0.1) is 0 Å². The van der Waals surface area contributed by atoms with Crippen molar-refractivity contribution in [2.24, 2.45) is 0 Å². The summed E-state index contributed by atoms with van der Waals surface area (Å²) >= 11 is 3.58. The number of rotatable bonds is 1. The molecule has 0 radical (unpaired) electrons. The maximum atomic E-state index is 3.76. The topological polar surface area (TPSA) is 63.2 Å². The number of halogens is 1. The van der Waals surface area contributed by atoms with Gasteiger partial charge in [0.2, 0.25) is 0 Å². The van der Waals surface area contributed by atoms with Crippen LogP contribution in [0.4, 0.5) is 0 Å². The van der Waals surface area contributed by atoms with E-state index < -0.39 is 0 Å². The first-order valence-corrected chi connectivity index (χ1v) is 13.7. The van der Waals surface area contributed by atoms with Gasteiger partial charge >= 0.3 is 0 Å². The van der Waals surface area contributed by atoms with Crippen LogP contribution in [0.3, 0.4) is 0 Å². The lowest BCUT2D eigenvalue weighted by atomic mass is 10.0. The maximum Gasteiger partial charge on any atom is 0.0492 e. The summed E-state index contributed by atoms with van der Waals surface area (Å²) < 4.78 is 1.06. The summed E-state index contributed by atoms with van der Waals surface area (Å²) in [5.41, 5.74) is 6.50. The Bertz CT molecular complexity index is 2290. The second-order valence-corrected chi connectivity index (χ2v) is 11.0. The van der Waals surface area contributed by atoms with Gasteiger partial charge in [-0.1, -0.05) is 64.5 Å². The molecule has 186 valence electrons. The number of aromatic nitrogens is 4. The Hall–Kier alpha value is -4.74. The Labute approximate surface area is 231 Å². The minimum absolute atomic E-state index is 1.04. The molecule has 8 rings (SSSR count). The van der Waals surface area contributed by atoms with E-state index in [1.54, 1.807) is 0 Å². The van der Waals surface area contributed by atoms with E-state index in [0.717, 1.165) is 59.8 Å². The standard InChI is InChI=1S/C34H23BrN4/c35-22-8-5-21(6-9-22)30-17-27-16-25-11-10-23(36-25)15-24-12-13-26(37-24)18-33-34-28-4-2-1-3-20(28)7-14-29(34)31(39-33)19-32(30)38-27/h1-19,36-39H. The van der Waals surface area contributed by atoms with Gasteiger partial charge in [0.25, 0.3) is 0 Å². The van der Waals surface area contributed by atoms with Gasteiger partial charge in [0.1, 0.15) is 0 Å². The molecule has 4 N–H and O–H groups in total. The van der Waals surface area contributed by atoms with Gasteiger partial charge in [0.15, 0.2) is 0 Å². The number of fused-ring (bicyclic) bond motifs is 13. The molecule has 0 spiro atoms. The summed E-state index contributed by atoms with van der Waals surface area (Å²) in [7, 11) is 0. The summed E-state index contributed by atoms with van der Waals surface area (Å²) in [6.07, 6.45) is 8.74. The van der Waals surface area contributed by atoms with Crippen molar-refractivity contribution in [2.45, 2.75) is 0 Å². The van der Waals surface area contributed by atoms with Gasteiger partial charge in [-0.2, -0.15) is 0 Å². The van der Waals surface area contributed by atoms with Crippen LogP contribution in [0.5, 0.6) is 0 Å². The molecule has 1 aliphatic rings. The molecular formula is C34H23BrN4. The van der Waals surface area contributed by atoms with E-state index in [2.05, 4.69) is 151 Å². The second kappa shape index (κ2) is 8.65. The first kappa shape index (κ1) is 22.3. The number of benzene rings is 3. The molecule has 0 unspecified atom stereocenters. The molecule has 0 fully saturated rings. The van der Waals surface area contributed by atoms with Gasteiger partial charge in [0, 0.05) is 65.0 Å². The third-order valence-corrected chi connectivity index (χ3v) is 7.98. The van der Waals surface area contributed by atoms with Gasteiger partial charge in [-0.3, -0.25) is 0 Å². The smallest absolute Gasteiger partial charge is 0.0492 e. The fraction of sp³-hybridized carbons (Fsp3) is 0. The lowest BCUT2D eigenvalue weighted by molar-refractivity contribution is 1.23. The molecule has 0 saturated heterocycles. The summed E-state index contributed by atoms with van der Waals surface area (Å²) in [5.74, 6) is 0. The molecule has 7 aromatic rings. The molecule has 0 aliphatic carbocycles. The summed E-state index contributed by atoms with van der Waals surface area (Å²) in [5, 5.41) is 9.12. The summed E-state index contributed by atoms with van der Waals surface area (Å²) in [6, 6.07) is 32.2. The maximum absolute atomic E-state index is 3.76. The van der Waals surface area contributed by atoms with Crippen LogP contribution >= 0.6 is 15.9 Å². The van der Waals surface area contributed by atoms with Crippen molar-refractivity contribution in [3.05, 3.63) is 140 Å². The van der Waals surface area contributed by atoms with Gasteiger partial charge < -0.3 is 19.9 Å². The Morgan fingerprint density at radius 2 is 1.28 bits per heavy atom. The highest BCUT2D eigenvalue weighted by Gasteiger charge is 2.11. The van der Waals surface area contributed by atoms with E-state index >= 15 is 0 Å². The van der Waals surface area contributed by atoms with Crippen LogP contribution in [0.1, 0.15) is 22.8 Å². The predicted molar refractivity (Wildman–Crippen MR) is 164 cm³/mol. The fourth-order valence-electron chi connectivity index (χ4n) is 5.67. The van der Waals surface area contributed by atoms with E-state index in [1.165, 1.54) is 21.5 Å². The van der Waals surface area contributed by atoms with Crippen LogP contribution in [0.25, 0.3) is 57.0 Å². The first-order valence-electron chi connectivity index (χ1n) is 13.0. The second-order valence-electron chi connectivity index (χ2n) is 10.0. The van der Waals surface area contributed by atoms with Crippen molar-refractivity contribution in [1.82, 2.24) is 19.9 Å². The quantitative estimate of drug-likeness (QED) is 0.206. The Kier molecular flexibility index (Phi) is 4.94. The lowest BCUT2D eigenvalue weighted by Gasteiger charge is -2.01. The molecule has 4 nitrogen and oxygen atoms in total. The van der Waals surface area contributed by atoms with Crippen LogP contribution in [0.15, 0.2) is 95.5 Å². The van der Waals surface area contributed by atoms with Crippen molar-refractivity contribution in [1.29, 1.82) is 0 Å². The van der Waals surface area contributed by atoms with E-state index in [1.807, 2.05) is 0 Å². The molecule has 8 bridgehead atoms. The monoisotopic (exact) mass is 566 g/mol. The number of hydrogen-bond donors (Lipinski definition) is 4. The fourth-order valence-corrected chi connectivity index (χ4v) is 5.93. The van der Waals surface area contributed by atoms with Crippen LogP contribution in [0, 0.1) is 0 Å². The number of aromatic amines is 4. The van der Waals surface area contributed by atoms with Crippen molar-refractivity contribution >= 4 is 61.8 Å². The molecule has 0 saturated carbocycles. The number of nitrogens with one attached hydrogen (secondary N) is 4. The van der Waals surface area contributed by atoms with E-state index in [4.69, 9.17) is 0 Å². The molecule has 3 aromatic carbocycles. The number of hydrogen-bond acceptors (Lipinski definition) is 0. The molecular weight excluding hydrogens is 544 g/mol. The van der Waals surface area contributed by atoms with Crippen molar-refractivity contribution in [3.63, 3.8) is 0 Å². The molecule has 0 atom stereocenters. The molecule has 5 heteroatoms. The van der Waals surface area contributed by atoms with Crippen LogP contribution < -0.4 is 21.4 Å². The predicted octanol–water partition coefficient (Wildman–Crippen LogP) is 5.36. The van der Waals surface area contributed by atoms with E-state index in [9.17, 15) is 0 Å². The molecule has 4 aromatic heterocycles. The average Bonchev–Trinajstić information content (AvgIpc) is 3.73. The molecule has 0 amide bonds. The van der Waals surface area contributed by atoms with Gasteiger partial charge in [-0.15, -0.1) is 0 Å². The van der Waals surface area contributed by atoms with Crippen molar-refractivity contribution < 1.29 is 0 Å². The normalized spacial score (nSPS) is 12.5. The molecule has 39 heavy (non-hydrogen) atoms. The zero-order chi connectivity index (χ0) is 25.9. The van der Waals surface area contributed by atoms with E-state index in [0.29, 0.717) is 0 Å². The first-order chi connectivity index (χ1) is 19.2. The largest absolute Gasteiger partial charge is 0.355 e. The average molecular weight is 567 g/mol. The molecule has 1 aliphatic heterocycles. The minimum atomic E-state index is 1.04. The Morgan fingerprint density at radius 1 is 0.513 bits per heavy atom. The highest BCUT2D eigenvalue weighted by Crippen LogP contribution is 2.28. The lowest BCUT2D eigenvalue weighted by Crippen LogP contribution is -2.11. The van der Waals surface area contributed by atoms with Gasteiger partial charge in [-0.05, 0) is 83.1 Å². The van der Waals surface area contributed by atoms with E-state index in [-0.39, 0.29) is 0 Å². The van der Waals surface area contributed by atoms with Gasteiger partial charge in [-0.25, -0.2) is 0 Å². The van der Waals surface area contributed by atoms with Crippen LogP contribution in [-0.2, 0) is 0 Å². The van der Waals surface area contributed by atoms with Crippen molar-refractivity contribution in [2.75, 3.05) is 0 Å². The Balaban J connectivity index is 1.50. The zero-order valence-corrected chi connectivity index (χ0v) is 22.4. The highest BCUT2D eigenvalue weighted by atomic mass is 79.9. The third kappa shape index (κ3) is 3.90. The van der Waals surface area contributed by atoms with Crippen LogP contribution in [-0.4, -0.2) is 19.9 Å². The number of H-pyrrole nitrogens is 4. The van der Waals surface area contributed by atoms with Crippen LogP contribution in [0.2, 0.25) is 0 Å². The Morgan fingerprint density at radius 3 is 2.13 bits per heavy atom.